The highest BCUT2D eigenvalue weighted by Gasteiger charge is 2.32. The molecule has 6 heteroatoms. The first kappa shape index (κ1) is 22.8. The molecule has 0 aromatic heterocycles. The van der Waals surface area contributed by atoms with Crippen molar-refractivity contribution in [3.8, 4) is 0 Å². The first-order valence-corrected chi connectivity index (χ1v) is 9.68. The van der Waals surface area contributed by atoms with Crippen LogP contribution in [0.15, 0.2) is 0 Å². The third-order valence-electron chi connectivity index (χ3n) is 4.00. The van der Waals surface area contributed by atoms with Crippen LogP contribution in [0.25, 0.3) is 0 Å². The van der Waals surface area contributed by atoms with Crippen molar-refractivity contribution in [2.24, 2.45) is 0 Å². The van der Waals surface area contributed by atoms with Gasteiger partial charge in [-0.05, 0) is 26.7 Å². The van der Waals surface area contributed by atoms with Crippen molar-refractivity contribution < 1.29 is 28.4 Å². The van der Waals surface area contributed by atoms with Gasteiger partial charge in [0.15, 0.2) is 5.79 Å². The lowest BCUT2D eigenvalue weighted by Crippen LogP contribution is -2.24. The van der Waals surface area contributed by atoms with Gasteiger partial charge < -0.3 is 28.4 Å². The zero-order valence-corrected chi connectivity index (χ0v) is 16.4. The van der Waals surface area contributed by atoms with Crippen molar-refractivity contribution in [1.82, 2.24) is 0 Å². The molecule has 1 fully saturated rings. The molecule has 150 valence electrons. The molecule has 0 radical (unpaired) electrons. The number of hydrogen-bond acceptors (Lipinski definition) is 6. The summed E-state index contributed by atoms with van der Waals surface area (Å²) in [7, 11) is 1.67. The van der Waals surface area contributed by atoms with Gasteiger partial charge in [-0.1, -0.05) is 25.7 Å². The molecule has 1 aliphatic rings. The molecule has 1 aliphatic heterocycles. The van der Waals surface area contributed by atoms with E-state index in [2.05, 4.69) is 0 Å². The average molecular weight is 363 g/mol. The molecule has 0 aromatic rings. The van der Waals surface area contributed by atoms with Crippen LogP contribution in [0.3, 0.4) is 0 Å². The predicted molar refractivity (Wildman–Crippen MR) is 96.9 cm³/mol. The standard InChI is InChI=1S/C19H38O6/c1-19(2)24-17-18(25-19)16-23-11-9-7-5-4-6-8-10-21-14-15-22-13-12-20-3/h18H,4-17H2,1-3H3. The second-order valence-electron chi connectivity index (χ2n) is 6.86. The van der Waals surface area contributed by atoms with E-state index < -0.39 is 5.79 Å². The lowest BCUT2D eigenvalue weighted by Gasteiger charge is -2.17. The Morgan fingerprint density at radius 2 is 1.32 bits per heavy atom. The van der Waals surface area contributed by atoms with Gasteiger partial charge in [-0.2, -0.15) is 0 Å². The third-order valence-corrected chi connectivity index (χ3v) is 4.00. The van der Waals surface area contributed by atoms with Crippen LogP contribution in [0.2, 0.25) is 0 Å². The summed E-state index contributed by atoms with van der Waals surface area (Å²) in [6.45, 7) is 9.40. The van der Waals surface area contributed by atoms with E-state index in [0.717, 1.165) is 26.1 Å². The number of unbranched alkanes of at least 4 members (excludes halogenated alkanes) is 5. The molecular formula is C19H38O6. The quantitative estimate of drug-likeness (QED) is 0.371. The second kappa shape index (κ2) is 14.9. The van der Waals surface area contributed by atoms with E-state index in [1.165, 1.54) is 25.7 Å². The van der Waals surface area contributed by atoms with Crippen LogP contribution in [0, 0.1) is 0 Å². The van der Waals surface area contributed by atoms with Crippen LogP contribution in [0.1, 0.15) is 52.4 Å². The minimum atomic E-state index is -0.450. The normalized spacial score (nSPS) is 19.6. The zero-order chi connectivity index (χ0) is 18.2. The molecule has 0 aliphatic carbocycles. The Bertz CT molecular complexity index is 298. The highest BCUT2D eigenvalue weighted by molar-refractivity contribution is 4.70. The van der Waals surface area contributed by atoms with E-state index >= 15 is 0 Å². The molecular weight excluding hydrogens is 324 g/mol. The Balaban J connectivity index is 1.70. The van der Waals surface area contributed by atoms with E-state index in [-0.39, 0.29) is 6.10 Å². The minimum absolute atomic E-state index is 0.0837. The molecule has 1 unspecified atom stereocenters. The van der Waals surface area contributed by atoms with Gasteiger partial charge in [-0.15, -0.1) is 0 Å². The first-order valence-electron chi connectivity index (χ1n) is 9.68. The van der Waals surface area contributed by atoms with Crippen molar-refractivity contribution in [3.05, 3.63) is 0 Å². The summed E-state index contributed by atoms with van der Waals surface area (Å²) in [5.74, 6) is -0.450. The first-order chi connectivity index (χ1) is 12.1. The van der Waals surface area contributed by atoms with Gasteiger partial charge in [0.2, 0.25) is 0 Å². The van der Waals surface area contributed by atoms with Crippen molar-refractivity contribution in [3.63, 3.8) is 0 Å². The molecule has 0 bridgehead atoms. The Labute approximate surface area is 153 Å². The number of hydrogen-bond donors (Lipinski definition) is 0. The maximum absolute atomic E-state index is 5.70. The fourth-order valence-electron chi connectivity index (χ4n) is 2.64. The number of rotatable bonds is 17. The highest BCUT2D eigenvalue weighted by Crippen LogP contribution is 2.22. The molecule has 1 heterocycles. The van der Waals surface area contributed by atoms with E-state index in [0.29, 0.717) is 39.6 Å². The average Bonchev–Trinajstić information content (AvgIpc) is 2.93. The van der Waals surface area contributed by atoms with Gasteiger partial charge in [-0.25, -0.2) is 0 Å². The van der Waals surface area contributed by atoms with Crippen LogP contribution >= 0.6 is 0 Å². The van der Waals surface area contributed by atoms with E-state index in [1.54, 1.807) is 7.11 Å². The van der Waals surface area contributed by atoms with Gasteiger partial charge in [-0.3, -0.25) is 0 Å². The van der Waals surface area contributed by atoms with Gasteiger partial charge in [0.1, 0.15) is 6.10 Å². The Kier molecular flexibility index (Phi) is 13.6. The largest absolute Gasteiger partial charge is 0.382 e. The van der Waals surface area contributed by atoms with Crippen LogP contribution in [0.5, 0.6) is 0 Å². The fraction of sp³-hybridized carbons (Fsp3) is 1.00. The molecule has 0 saturated carbocycles. The molecule has 1 atom stereocenters. The SMILES string of the molecule is COCCOCCOCCCCCCCCOCC1COC(C)(C)O1. The maximum Gasteiger partial charge on any atom is 0.163 e. The van der Waals surface area contributed by atoms with Crippen LogP contribution in [-0.4, -0.2) is 71.9 Å². The molecule has 1 saturated heterocycles. The summed E-state index contributed by atoms with van der Waals surface area (Å²) >= 11 is 0. The van der Waals surface area contributed by atoms with Crippen LogP contribution in [0.4, 0.5) is 0 Å². The lowest BCUT2D eigenvalue weighted by atomic mass is 10.1. The van der Waals surface area contributed by atoms with Crippen LogP contribution < -0.4 is 0 Å². The maximum atomic E-state index is 5.70. The van der Waals surface area contributed by atoms with E-state index in [4.69, 9.17) is 28.4 Å². The minimum Gasteiger partial charge on any atom is -0.382 e. The molecule has 0 N–H and O–H groups in total. The van der Waals surface area contributed by atoms with E-state index in [1.807, 2.05) is 13.8 Å². The molecule has 25 heavy (non-hydrogen) atoms. The summed E-state index contributed by atoms with van der Waals surface area (Å²) < 4.78 is 32.6. The summed E-state index contributed by atoms with van der Waals surface area (Å²) in [5, 5.41) is 0. The molecule has 6 nitrogen and oxygen atoms in total. The Hall–Kier alpha value is -0.240. The topological polar surface area (TPSA) is 55.4 Å². The van der Waals surface area contributed by atoms with E-state index in [9.17, 15) is 0 Å². The Morgan fingerprint density at radius 1 is 0.760 bits per heavy atom. The highest BCUT2D eigenvalue weighted by atomic mass is 16.7. The van der Waals surface area contributed by atoms with Gasteiger partial charge in [0.25, 0.3) is 0 Å². The Morgan fingerprint density at radius 3 is 1.92 bits per heavy atom. The second-order valence-corrected chi connectivity index (χ2v) is 6.86. The van der Waals surface area contributed by atoms with Crippen molar-refractivity contribution >= 4 is 0 Å². The fourth-order valence-corrected chi connectivity index (χ4v) is 2.64. The molecule has 1 rings (SSSR count). The summed E-state index contributed by atoms with van der Waals surface area (Å²) in [4.78, 5) is 0. The molecule has 0 spiro atoms. The summed E-state index contributed by atoms with van der Waals surface area (Å²) in [5.41, 5.74) is 0. The van der Waals surface area contributed by atoms with Crippen molar-refractivity contribution in [2.75, 3.05) is 60.0 Å². The molecule has 0 amide bonds. The monoisotopic (exact) mass is 362 g/mol. The van der Waals surface area contributed by atoms with Crippen LogP contribution in [-0.2, 0) is 28.4 Å². The summed E-state index contributed by atoms with van der Waals surface area (Å²) in [6, 6.07) is 0. The number of methoxy groups -OCH3 is 1. The number of ether oxygens (including phenoxy) is 6. The third kappa shape index (κ3) is 13.6. The van der Waals surface area contributed by atoms with Gasteiger partial charge >= 0.3 is 0 Å². The lowest BCUT2D eigenvalue weighted by molar-refractivity contribution is -0.145. The predicted octanol–water partition coefficient (Wildman–Crippen LogP) is 3.17. The van der Waals surface area contributed by atoms with Crippen molar-refractivity contribution in [1.29, 1.82) is 0 Å². The summed E-state index contributed by atoms with van der Waals surface area (Å²) in [6.07, 6.45) is 7.31. The zero-order valence-electron chi connectivity index (χ0n) is 16.4. The van der Waals surface area contributed by atoms with Gasteiger partial charge in [0.05, 0.1) is 39.6 Å². The van der Waals surface area contributed by atoms with Crippen molar-refractivity contribution in [2.45, 2.75) is 64.3 Å². The van der Waals surface area contributed by atoms with Gasteiger partial charge in [0, 0.05) is 20.3 Å². The molecule has 0 aromatic carbocycles. The smallest absolute Gasteiger partial charge is 0.163 e.